The molecule has 0 bridgehead atoms. The van der Waals surface area contributed by atoms with Crippen molar-refractivity contribution in [3.8, 4) is 0 Å². The third-order valence-corrected chi connectivity index (χ3v) is 6.02. The van der Waals surface area contributed by atoms with E-state index in [0.29, 0.717) is 0 Å². The van der Waals surface area contributed by atoms with E-state index < -0.39 is 9.52 Å². The van der Waals surface area contributed by atoms with Gasteiger partial charge in [-0.25, -0.2) is 0 Å². The molecule has 0 amide bonds. The van der Waals surface area contributed by atoms with Gasteiger partial charge in [0.25, 0.3) is 0 Å². The van der Waals surface area contributed by atoms with E-state index in [2.05, 4.69) is 71.0 Å². The molecule has 0 aliphatic heterocycles. The third-order valence-electron chi connectivity index (χ3n) is 3.56. The normalized spacial score (nSPS) is 12.3. The number of hydrogen-bond donors (Lipinski definition) is 0. The maximum Gasteiger partial charge on any atom is 0.0894 e. The molecule has 2 heteroatoms. The van der Waals surface area contributed by atoms with Gasteiger partial charge in [0, 0.05) is 5.02 Å². The van der Waals surface area contributed by atoms with Gasteiger partial charge in [-0.1, -0.05) is 85.1 Å². The largest absolute Gasteiger partial charge is 0.0894 e. The molecule has 2 aromatic carbocycles. The van der Waals surface area contributed by atoms with Crippen molar-refractivity contribution in [1.29, 1.82) is 0 Å². The van der Waals surface area contributed by atoms with E-state index in [1.54, 1.807) is 0 Å². The molecular weight excluding hydrogens is 280 g/mol. The van der Waals surface area contributed by atoms with Crippen LogP contribution in [-0.4, -0.2) is 9.52 Å². The molecule has 0 unspecified atom stereocenters. The lowest BCUT2D eigenvalue weighted by Crippen LogP contribution is -2.30. The van der Waals surface area contributed by atoms with E-state index in [0.717, 1.165) is 5.02 Å². The van der Waals surface area contributed by atoms with Crippen LogP contribution in [0.5, 0.6) is 0 Å². The van der Waals surface area contributed by atoms with Crippen molar-refractivity contribution in [2.45, 2.75) is 40.0 Å². The highest BCUT2D eigenvalue weighted by molar-refractivity contribution is 6.70. The van der Waals surface area contributed by atoms with Crippen LogP contribution in [0.3, 0.4) is 0 Å². The first-order valence-corrected chi connectivity index (χ1v) is 8.91. The van der Waals surface area contributed by atoms with E-state index in [-0.39, 0.29) is 5.41 Å². The molecule has 0 radical (unpaired) electrons. The average Bonchev–Trinajstić information content (AvgIpc) is 2.29. The van der Waals surface area contributed by atoms with Crippen molar-refractivity contribution in [1.82, 2.24) is 0 Å². The molecule has 2 aromatic rings. The van der Waals surface area contributed by atoms with Gasteiger partial charge in [-0.05, 0) is 30.0 Å². The van der Waals surface area contributed by atoms with E-state index in [1.807, 2.05) is 0 Å². The first-order valence-electron chi connectivity index (χ1n) is 7.12. The van der Waals surface area contributed by atoms with Crippen LogP contribution >= 0.6 is 11.6 Å². The van der Waals surface area contributed by atoms with Gasteiger partial charge in [0.1, 0.15) is 0 Å². The zero-order valence-corrected chi connectivity index (χ0v) is 15.2. The van der Waals surface area contributed by atoms with Crippen molar-refractivity contribution >= 4 is 31.5 Å². The van der Waals surface area contributed by atoms with Crippen LogP contribution in [0.2, 0.25) is 5.02 Å². The lowest BCUT2D eigenvalue weighted by molar-refractivity contribution is 0.591. The highest BCUT2D eigenvalue weighted by atomic mass is 35.5. The Balaban J connectivity index is 2.39. The molecule has 0 aliphatic rings. The monoisotopic (exact) mass is 302 g/mol. The summed E-state index contributed by atoms with van der Waals surface area (Å²) in [6, 6.07) is 13.3. The standard InChI is InChI=1S/C18H23ClSi/c1-12-9-13(2)11-14(10-12)20-16-8-6-7-15(17(16)19)18(3,4)5/h6-11H,20H2,1-5H3. The van der Waals surface area contributed by atoms with Crippen LogP contribution in [0.15, 0.2) is 36.4 Å². The highest BCUT2D eigenvalue weighted by Crippen LogP contribution is 2.27. The third kappa shape index (κ3) is 3.53. The quantitative estimate of drug-likeness (QED) is 0.746. The minimum Gasteiger partial charge on any atom is -0.0842 e. The Kier molecular flexibility index (Phi) is 4.41. The molecule has 0 aromatic heterocycles. The average molecular weight is 303 g/mol. The number of aryl methyl sites for hydroxylation is 2. The minimum atomic E-state index is -0.517. The van der Waals surface area contributed by atoms with Gasteiger partial charge in [0.15, 0.2) is 0 Å². The van der Waals surface area contributed by atoms with Crippen LogP contribution in [0.1, 0.15) is 37.5 Å². The Morgan fingerprint density at radius 2 is 1.55 bits per heavy atom. The Morgan fingerprint density at radius 3 is 2.10 bits per heavy atom. The first-order chi connectivity index (χ1) is 9.27. The molecule has 0 nitrogen and oxygen atoms in total. The first kappa shape index (κ1) is 15.3. The van der Waals surface area contributed by atoms with E-state index in [9.17, 15) is 0 Å². The van der Waals surface area contributed by atoms with Crippen molar-refractivity contribution in [3.63, 3.8) is 0 Å². The second kappa shape index (κ2) is 5.75. The van der Waals surface area contributed by atoms with Gasteiger partial charge in [-0.2, -0.15) is 0 Å². The minimum absolute atomic E-state index is 0.101. The molecule has 0 N–H and O–H groups in total. The van der Waals surface area contributed by atoms with E-state index in [1.165, 1.54) is 27.1 Å². The van der Waals surface area contributed by atoms with Crippen molar-refractivity contribution < 1.29 is 0 Å². The van der Waals surface area contributed by atoms with Crippen LogP contribution in [0.25, 0.3) is 0 Å². The van der Waals surface area contributed by atoms with Gasteiger partial charge in [-0.3, -0.25) is 0 Å². The van der Waals surface area contributed by atoms with Gasteiger partial charge >= 0.3 is 0 Å². The summed E-state index contributed by atoms with van der Waals surface area (Å²) in [7, 11) is -0.517. The smallest absolute Gasteiger partial charge is 0.0842 e. The molecule has 0 saturated heterocycles. The highest BCUT2D eigenvalue weighted by Gasteiger charge is 2.19. The molecule has 106 valence electrons. The van der Waals surface area contributed by atoms with Crippen LogP contribution in [0, 0.1) is 13.8 Å². The number of rotatable bonds is 2. The van der Waals surface area contributed by atoms with Crippen molar-refractivity contribution in [2.24, 2.45) is 0 Å². The summed E-state index contributed by atoms with van der Waals surface area (Å²) < 4.78 is 0. The molecule has 20 heavy (non-hydrogen) atoms. The van der Waals surface area contributed by atoms with Gasteiger partial charge in [0.05, 0.1) is 9.52 Å². The lowest BCUT2D eigenvalue weighted by Gasteiger charge is -2.22. The molecule has 0 atom stereocenters. The fourth-order valence-electron chi connectivity index (χ4n) is 2.69. The number of benzene rings is 2. The Bertz CT molecular complexity index is 604. The predicted molar refractivity (Wildman–Crippen MR) is 93.9 cm³/mol. The van der Waals surface area contributed by atoms with Crippen molar-refractivity contribution in [2.75, 3.05) is 0 Å². The van der Waals surface area contributed by atoms with Crippen LogP contribution in [0.4, 0.5) is 0 Å². The van der Waals surface area contributed by atoms with E-state index >= 15 is 0 Å². The molecule has 0 saturated carbocycles. The summed E-state index contributed by atoms with van der Waals surface area (Å²) in [5.41, 5.74) is 4.05. The predicted octanol–water partition coefficient (Wildman–Crippen LogP) is 3.37. The molecule has 0 fully saturated rings. The maximum absolute atomic E-state index is 6.66. The fourth-order valence-corrected chi connectivity index (χ4v) is 5.18. The topological polar surface area (TPSA) is 0 Å². The van der Waals surface area contributed by atoms with E-state index in [4.69, 9.17) is 11.6 Å². The second-order valence-electron chi connectivity index (χ2n) is 6.70. The van der Waals surface area contributed by atoms with Crippen molar-refractivity contribution in [3.05, 3.63) is 58.1 Å². The summed E-state index contributed by atoms with van der Waals surface area (Å²) in [6.45, 7) is 11.0. The summed E-state index contributed by atoms with van der Waals surface area (Å²) in [4.78, 5) is 0. The lowest BCUT2D eigenvalue weighted by atomic mass is 9.87. The fraction of sp³-hybridized carbons (Fsp3) is 0.333. The van der Waals surface area contributed by atoms with Gasteiger partial charge in [-0.15, -0.1) is 0 Å². The zero-order valence-electron chi connectivity index (χ0n) is 13.0. The summed E-state index contributed by atoms with van der Waals surface area (Å²) in [6.07, 6.45) is 0. The van der Waals surface area contributed by atoms with Gasteiger partial charge < -0.3 is 0 Å². The molecule has 0 spiro atoms. The number of halogens is 1. The Morgan fingerprint density at radius 1 is 0.950 bits per heavy atom. The molecule has 0 aliphatic carbocycles. The number of hydrogen-bond acceptors (Lipinski definition) is 0. The molecule has 2 rings (SSSR count). The summed E-state index contributed by atoms with van der Waals surface area (Å²) in [5, 5.41) is 3.80. The van der Waals surface area contributed by atoms with Gasteiger partial charge in [0.2, 0.25) is 0 Å². The maximum atomic E-state index is 6.66. The summed E-state index contributed by atoms with van der Waals surface area (Å²) >= 11 is 6.66. The second-order valence-corrected chi connectivity index (χ2v) is 9.01. The summed E-state index contributed by atoms with van der Waals surface area (Å²) in [5.74, 6) is 0. The molecule has 0 heterocycles. The Labute approximate surface area is 130 Å². The zero-order chi connectivity index (χ0) is 14.9. The van der Waals surface area contributed by atoms with Crippen LogP contribution < -0.4 is 10.4 Å². The molecular formula is C18H23ClSi. The SMILES string of the molecule is Cc1cc(C)cc([SiH2]c2cccc(C(C)(C)C)c2Cl)c1. The van der Waals surface area contributed by atoms with Crippen LogP contribution in [-0.2, 0) is 5.41 Å². The Hall–Kier alpha value is -1.05.